The lowest BCUT2D eigenvalue weighted by molar-refractivity contribution is -0.117. The zero-order valence-corrected chi connectivity index (χ0v) is 21.0. The Morgan fingerprint density at radius 2 is 1.95 bits per heavy atom. The number of nitrogens with zero attached hydrogens (tertiary/aromatic N) is 2. The van der Waals surface area contributed by atoms with Crippen LogP contribution in [0.2, 0.25) is 0 Å². The lowest BCUT2D eigenvalue weighted by Gasteiger charge is -2.24. The number of ketones is 1. The van der Waals surface area contributed by atoms with Gasteiger partial charge in [0, 0.05) is 5.39 Å². The molecule has 0 saturated carbocycles. The van der Waals surface area contributed by atoms with E-state index in [1.54, 1.807) is 62.4 Å². The van der Waals surface area contributed by atoms with Gasteiger partial charge in [-0.25, -0.2) is 9.78 Å². The Labute approximate surface area is 215 Å². The van der Waals surface area contributed by atoms with Crippen molar-refractivity contribution in [1.29, 1.82) is 0 Å². The average molecular weight is 519 g/mol. The summed E-state index contributed by atoms with van der Waals surface area (Å²) in [4.78, 5) is 45.4. The van der Waals surface area contributed by atoms with E-state index in [0.29, 0.717) is 28.0 Å². The van der Waals surface area contributed by atoms with Gasteiger partial charge in [0.15, 0.2) is 16.7 Å². The molecule has 0 radical (unpaired) electrons. The number of aliphatic hydroxyl groups excluding tert-OH is 1. The third kappa shape index (κ3) is 4.15. The summed E-state index contributed by atoms with van der Waals surface area (Å²) < 4.78 is 16.2. The highest BCUT2D eigenvalue weighted by atomic mass is 32.1. The number of aryl methyl sites for hydroxylation is 1. The number of aliphatic hydroxyl groups is 1. The summed E-state index contributed by atoms with van der Waals surface area (Å²) in [6.45, 7) is 3.50. The number of thiazole rings is 1. The molecule has 37 heavy (non-hydrogen) atoms. The van der Waals surface area contributed by atoms with Crippen molar-refractivity contribution in [2.75, 3.05) is 18.6 Å². The normalized spacial score (nSPS) is 15.5. The van der Waals surface area contributed by atoms with E-state index in [4.69, 9.17) is 13.9 Å². The van der Waals surface area contributed by atoms with E-state index in [0.717, 1.165) is 11.3 Å². The molecule has 3 heterocycles. The first kappa shape index (κ1) is 24.3. The Kier molecular flexibility index (Phi) is 6.26. The topological polar surface area (TPSA) is 119 Å². The molecule has 4 aromatic rings. The maximum atomic E-state index is 13.7. The largest absolute Gasteiger partial charge is 0.503 e. The van der Waals surface area contributed by atoms with E-state index in [-0.39, 0.29) is 27.9 Å². The molecule has 2 aromatic heterocycles. The Balaban J connectivity index is 1.65. The van der Waals surface area contributed by atoms with Gasteiger partial charge >= 0.3 is 5.97 Å². The summed E-state index contributed by atoms with van der Waals surface area (Å²) in [6, 6.07) is 14.5. The van der Waals surface area contributed by atoms with Gasteiger partial charge in [-0.15, -0.1) is 0 Å². The SMILES string of the molecule is CCOC(=O)c1sc(N2C(=O)C(O)=C(C(=O)c3cc4ccccc4o3)C2c2cccc(OC)c2)nc1C. The number of hydrogen-bond acceptors (Lipinski definition) is 9. The summed E-state index contributed by atoms with van der Waals surface area (Å²) in [5, 5.41) is 11.8. The second-order valence-corrected chi connectivity index (χ2v) is 9.20. The number of carbonyl (C=O) groups excluding carboxylic acids is 3. The number of para-hydroxylation sites is 1. The molecule has 1 N–H and O–H groups in total. The van der Waals surface area contributed by atoms with E-state index in [1.807, 2.05) is 6.07 Å². The van der Waals surface area contributed by atoms with Gasteiger partial charge in [-0.1, -0.05) is 41.7 Å². The van der Waals surface area contributed by atoms with Gasteiger partial charge < -0.3 is 19.0 Å². The number of fused-ring (bicyclic) bond motifs is 1. The van der Waals surface area contributed by atoms with Crippen LogP contribution in [0.15, 0.2) is 70.3 Å². The molecule has 1 aliphatic heterocycles. The number of benzene rings is 2. The zero-order valence-electron chi connectivity index (χ0n) is 20.2. The summed E-state index contributed by atoms with van der Waals surface area (Å²) in [5.41, 5.74) is 1.21. The molecular weight excluding hydrogens is 496 g/mol. The number of esters is 1. The van der Waals surface area contributed by atoms with Crippen LogP contribution in [-0.2, 0) is 9.53 Å². The van der Waals surface area contributed by atoms with Gasteiger partial charge in [-0.05, 0) is 43.7 Å². The third-order valence-corrected chi connectivity index (χ3v) is 7.10. The zero-order chi connectivity index (χ0) is 26.3. The quantitative estimate of drug-likeness (QED) is 0.263. The summed E-state index contributed by atoms with van der Waals surface area (Å²) in [6.07, 6.45) is 0. The van der Waals surface area contributed by atoms with Crippen LogP contribution < -0.4 is 9.64 Å². The van der Waals surface area contributed by atoms with Gasteiger partial charge in [0.05, 0.1) is 31.0 Å². The number of rotatable bonds is 7. The Morgan fingerprint density at radius 1 is 1.16 bits per heavy atom. The van der Waals surface area contributed by atoms with Crippen molar-refractivity contribution in [1.82, 2.24) is 4.98 Å². The fraction of sp³-hybridized carbons (Fsp3) is 0.185. The molecule has 0 fully saturated rings. The smallest absolute Gasteiger partial charge is 0.350 e. The standard InChI is InChI=1S/C27H22N2O7S/c1-4-35-26(33)24-14(2)28-27(37-24)29-21(16-9-7-10-17(12-16)34-3)20(23(31)25(29)32)22(30)19-13-15-8-5-6-11-18(15)36-19/h5-13,21,31H,4H2,1-3H3. The molecule has 2 aromatic carbocycles. The van der Waals surface area contributed by atoms with Crippen LogP contribution in [0, 0.1) is 6.92 Å². The monoisotopic (exact) mass is 518 g/mol. The number of Topliss-reactive ketones (excluding diaryl/α,β-unsaturated/α-hetero) is 1. The molecule has 0 bridgehead atoms. The van der Waals surface area contributed by atoms with E-state index in [9.17, 15) is 19.5 Å². The molecule has 0 saturated heterocycles. The van der Waals surface area contributed by atoms with E-state index >= 15 is 0 Å². The predicted molar refractivity (Wildman–Crippen MR) is 136 cm³/mol. The molecule has 1 aliphatic rings. The fourth-order valence-electron chi connectivity index (χ4n) is 4.26. The van der Waals surface area contributed by atoms with E-state index in [1.165, 1.54) is 12.0 Å². The highest BCUT2D eigenvalue weighted by molar-refractivity contribution is 7.17. The lowest BCUT2D eigenvalue weighted by atomic mass is 9.95. The first-order chi connectivity index (χ1) is 17.8. The first-order valence-electron chi connectivity index (χ1n) is 11.4. The number of anilines is 1. The van der Waals surface area contributed by atoms with Crippen LogP contribution in [0.1, 0.15) is 44.4 Å². The molecular formula is C27H22N2O7S. The van der Waals surface area contributed by atoms with Crippen molar-refractivity contribution in [3.63, 3.8) is 0 Å². The predicted octanol–water partition coefficient (Wildman–Crippen LogP) is 5.17. The fourth-order valence-corrected chi connectivity index (χ4v) is 5.25. The third-order valence-electron chi connectivity index (χ3n) is 5.96. The van der Waals surface area contributed by atoms with Gasteiger partial charge in [0.25, 0.3) is 5.91 Å². The van der Waals surface area contributed by atoms with Crippen molar-refractivity contribution in [3.05, 3.63) is 87.8 Å². The van der Waals surface area contributed by atoms with Gasteiger partial charge in [-0.3, -0.25) is 14.5 Å². The van der Waals surface area contributed by atoms with Gasteiger partial charge in [-0.2, -0.15) is 0 Å². The van der Waals surface area contributed by atoms with Gasteiger partial charge in [0.1, 0.15) is 16.2 Å². The molecule has 0 aliphatic carbocycles. The molecule has 188 valence electrons. The molecule has 1 atom stereocenters. The highest BCUT2D eigenvalue weighted by Crippen LogP contribution is 2.44. The van der Waals surface area contributed by atoms with Crippen LogP contribution in [0.25, 0.3) is 11.0 Å². The molecule has 5 rings (SSSR count). The minimum atomic E-state index is -1.05. The summed E-state index contributed by atoms with van der Waals surface area (Å²) in [7, 11) is 1.50. The molecule has 1 amide bonds. The number of aromatic nitrogens is 1. The maximum absolute atomic E-state index is 13.7. The van der Waals surface area contributed by atoms with Crippen LogP contribution in [0.4, 0.5) is 5.13 Å². The van der Waals surface area contributed by atoms with Crippen molar-refractivity contribution in [2.24, 2.45) is 0 Å². The number of methoxy groups -OCH3 is 1. The van der Waals surface area contributed by atoms with Crippen LogP contribution in [0.5, 0.6) is 5.75 Å². The Bertz CT molecular complexity index is 1550. The number of furan rings is 1. The molecule has 10 heteroatoms. The molecule has 9 nitrogen and oxygen atoms in total. The van der Waals surface area contributed by atoms with Crippen LogP contribution in [0.3, 0.4) is 0 Å². The van der Waals surface area contributed by atoms with Crippen LogP contribution in [-0.4, -0.2) is 41.5 Å². The first-order valence-corrected chi connectivity index (χ1v) is 12.2. The van der Waals surface area contributed by atoms with E-state index in [2.05, 4.69) is 4.98 Å². The Morgan fingerprint density at radius 3 is 2.68 bits per heavy atom. The Hall–Kier alpha value is -4.44. The second kappa shape index (κ2) is 9.55. The van der Waals surface area contributed by atoms with Crippen LogP contribution >= 0.6 is 11.3 Å². The number of amides is 1. The molecule has 1 unspecified atom stereocenters. The van der Waals surface area contributed by atoms with Crippen molar-refractivity contribution in [2.45, 2.75) is 19.9 Å². The number of carbonyl (C=O) groups is 3. The highest BCUT2D eigenvalue weighted by Gasteiger charge is 2.47. The molecule has 0 spiro atoms. The van der Waals surface area contributed by atoms with Gasteiger partial charge in [0.2, 0.25) is 5.78 Å². The van der Waals surface area contributed by atoms with Crippen molar-refractivity contribution >= 4 is 45.1 Å². The average Bonchev–Trinajstić information content (AvgIpc) is 3.58. The number of hydrogen-bond donors (Lipinski definition) is 1. The maximum Gasteiger partial charge on any atom is 0.350 e. The van der Waals surface area contributed by atoms with Crippen molar-refractivity contribution in [3.8, 4) is 5.75 Å². The minimum Gasteiger partial charge on any atom is -0.503 e. The summed E-state index contributed by atoms with van der Waals surface area (Å²) in [5.74, 6) is -2.28. The minimum absolute atomic E-state index is 0.0205. The second-order valence-electron chi connectivity index (χ2n) is 8.23. The lowest BCUT2D eigenvalue weighted by Crippen LogP contribution is -2.31. The van der Waals surface area contributed by atoms with Crippen molar-refractivity contribution < 1.29 is 33.4 Å². The summed E-state index contributed by atoms with van der Waals surface area (Å²) >= 11 is 0.948. The number of ether oxygens (including phenoxy) is 2. The van der Waals surface area contributed by atoms with E-state index < -0.39 is 29.5 Å².